The number of aliphatic hydroxyl groups excluding tert-OH is 1. The molecule has 0 saturated carbocycles. The highest BCUT2D eigenvalue weighted by Gasteiger charge is 2.13. The summed E-state index contributed by atoms with van der Waals surface area (Å²) in [4.78, 5) is 21.2. The summed E-state index contributed by atoms with van der Waals surface area (Å²) in [6, 6.07) is 0. The van der Waals surface area contributed by atoms with Gasteiger partial charge in [0.2, 0.25) is 5.91 Å². The molecule has 7 heteroatoms. The molecule has 15 heavy (non-hydrogen) atoms. The van der Waals surface area contributed by atoms with E-state index < -0.39 is 12.1 Å². The quantitative estimate of drug-likeness (QED) is 0.345. The number of aliphatic carboxylic acids is 1. The zero-order valence-corrected chi connectivity index (χ0v) is 8.52. The Morgan fingerprint density at radius 1 is 1.47 bits per heavy atom. The number of carboxylic acid groups (broad SMARTS) is 1. The summed E-state index contributed by atoms with van der Waals surface area (Å²) in [7, 11) is 1.55. The van der Waals surface area contributed by atoms with Gasteiger partial charge in [-0.05, 0) is 0 Å². The summed E-state index contributed by atoms with van der Waals surface area (Å²) < 4.78 is 4.74. The van der Waals surface area contributed by atoms with Crippen molar-refractivity contribution in [3.05, 3.63) is 0 Å². The Morgan fingerprint density at radius 2 is 2.13 bits per heavy atom. The van der Waals surface area contributed by atoms with Crippen molar-refractivity contribution in [2.45, 2.75) is 6.10 Å². The first-order valence-electron chi connectivity index (χ1n) is 4.45. The van der Waals surface area contributed by atoms with Crippen LogP contribution in [0.15, 0.2) is 0 Å². The lowest BCUT2D eigenvalue weighted by atomic mass is 10.3. The number of carbonyl (C=O) groups excluding carboxylic acids is 1. The molecule has 0 aliphatic carbocycles. The maximum absolute atomic E-state index is 11.0. The second-order valence-corrected chi connectivity index (χ2v) is 2.83. The van der Waals surface area contributed by atoms with E-state index in [1.807, 2.05) is 0 Å². The van der Waals surface area contributed by atoms with Gasteiger partial charge in [-0.15, -0.1) is 0 Å². The number of rotatable bonds is 8. The molecule has 0 rings (SSSR count). The first kappa shape index (κ1) is 13.8. The van der Waals surface area contributed by atoms with Gasteiger partial charge in [-0.1, -0.05) is 0 Å². The average Bonchev–Trinajstić information content (AvgIpc) is 2.20. The molecule has 7 nitrogen and oxygen atoms in total. The van der Waals surface area contributed by atoms with E-state index in [0.717, 1.165) is 0 Å². The van der Waals surface area contributed by atoms with Crippen LogP contribution in [0.5, 0.6) is 0 Å². The van der Waals surface area contributed by atoms with Crippen LogP contribution in [0.4, 0.5) is 0 Å². The van der Waals surface area contributed by atoms with Gasteiger partial charge in [0.15, 0.2) is 6.10 Å². The number of carboxylic acids is 1. The summed E-state index contributed by atoms with van der Waals surface area (Å²) in [5, 5.41) is 22.2. The van der Waals surface area contributed by atoms with Crippen LogP contribution in [-0.4, -0.2) is 61.5 Å². The summed E-state index contributed by atoms with van der Waals surface area (Å²) in [6.45, 7) is 0.798. The van der Waals surface area contributed by atoms with Crippen molar-refractivity contribution in [2.24, 2.45) is 0 Å². The summed E-state index contributed by atoms with van der Waals surface area (Å²) in [5.41, 5.74) is 0. The van der Waals surface area contributed by atoms with Gasteiger partial charge in [0.1, 0.15) is 0 Å². The molecule has 0 heterocycles. The van der Waals surface area contributed by atoms with Gasteiger partial charge < -0.3 is 25.6 Å². The fourth-order valence-electron chi connectivity index (χ4n) is 0.736. The van der Waals surface area contributed by atoms with E-state index in [4.69, 9.17) is 14.9 Å². The van der Waals surface area contributed by atoms with E-state index in [0.29, 0.717) is 13.2 Å². The van der Waals surface area contributed by atoms with Gasteiger partial charge in [0.25, 0.3) is 0 Å². The van der Waals surface area contributed by atoms with Gasteiger partial charge in [0.05, 0.1) is 19.7 Å². The molecule has 1 atom stereocenters. The van der Waals surface area contributed by atoms with E-state index in [2.05, 4.69) is 10.6 Å². The standard InChI is InChI=1S/C8H16N2O5/c1-15-3-2-9-5-7(12)10-4-6(11)8(13)14/h6,9,11H,2-5H2,1H3,(H,10,12)(H,13,14)/t6-/m0/s1. The van der Waals surface area contributed by atoms with Crippen LogP contribution in [0.25, 0.3) is 0 Å². The topological polar surface area (TPSA) is 108 Å². The molecule has 0 unspecified atom stereocenters. The zero-order chi connectivity index (χ0) is 11.7. The number of aliphatic hydroxyl groups is 1. The molecular weight excluding hydrogens is 204 g/mol. The number of hydrogen-bond acceptors (Lipinski definition) is 5. The van der Waals surface area contributed by atoms with Crippen LogP contribution in [0, 0.1) is 0 Å². The monoisotopic (exact) mass is 220 g/mol. The molecular formula is C8H16N2O5. The highest BCUT2D eigenvalue weighted by atomic mass is 16.5. The summed E-state index contributed by atoms with van der Waals surface area (Å²) >= 11 is 0. The van der Waals surface area contributed by atoms with Crippen LogP contribution >= 0.6 is 0 Å². The van der Waals surface area contributed by atoms with Gasteiger partial charge in [0, 0.05) is 13.7 Å². The van der Waals surface area contributed by atoms with Gasteiger partial charge in [-0.3, -0.25) is 4.79 Å². The fourth-order valence-corrected chi connectivity index (χ4v) is 0.736. The van der Waals surface area contributed by atoms with Gasteiger partial charge in [-0.2, -0.15) is 0 Å². The average molecular weight is 220 g/mol. The normalized spacial score (nSPS) is 12.1. The second kappa shape index (κ2) is 8.16. The van der Waals surface area contributed by atoms with Crippen LogP contribution in [-0.2, 0) is 14.3 Å². The molecule has 4 N–H and O–H groups in total. The van der Waals surface area contributed by atoms with Crippen LogP contribution in [0.3, 0.4) is 0 Å². The van der Waals surface area contributed by atoms with E-state index in [9.17, 15) is 9.59 Å². The second-order valence-electron chi connectivity index (χ2n) is 2.83. The van der Waals surface area contributed by atoms with E-state index in [1.54, 1.807) is 7.11 Å². The summed E-state index contributed by atoms with van der Waals surface area (Å²) in [5.74, 6) is -1.73. The largest absolute Gasteiger partial charge is 0.479 e. The minimum Gasteiger partial charge on any atom is -0.479 e. The highest BCUT2D eigenvalue weighted by molar-refractivity contribution is 5.79. The number of methoxy groups -OCH3 is 1. The van der Waals surface area contributed by atoms with E-state index in [1.165, 1.54) is 0 Å². The van der Waals surface area contributed by atoms with Crippen LogP contribution in [0.1, 0.15) is 0 Å². The molecule has 0 aromatic rings. The highest BCUT2D eigenvalue weighted by Crippen LogP contribution is 1.79. The van der Waals surface area contributed by atoms with Crippen LogP contribution < -0.4 is 10.6 Å². The fraction of sp³-hybridized carbons (Fsp3) is 0.750. The first-order chi connectivity index (χ1) is 7.07. The van der Waals surface area contributed by atoms with Crippen molar-refractivity contribution < 1.29 is 24.5 Å². The van der Waals surface area contributed by atoms with Crippen molar-refractivity contribution in [2.75, 3.05) is 33.4 Å². The molecule has 0 fully saturated rings. The van der Waals surface area contributed by atoms with Gasteiger partial charge >= 0.3 is 5.97 Å². The van der Waals surface area contributed by atoms with Crippen molar-refractivity contribution in [3.63, 3.8) is 0 Å². The molecule has 0 bridgehead atoms. The molecule has 0 saturated heterocycles. The lowest BCUT2D eigenvalue weighted by Crippen LogP contribution is -2.41. The minimum atomic E-state index is -1.56. The predicted octanol–water partition coefficient (Wildman–Crippen LogP) is -2.22. The predicted molar refractivity (Wildman–Crippen MR) is 51.4 cm³/mol. The molecule has 0 aromatic heterocycles. The third kappa shape index (κ3) is 7.86. The third-order valence-electron chi connectivity index (χ3n) is 1.55. The van der Waals surface area contributed by atoms with Crippen molar-refractivity contribution in [3.8, 4) is 0 Å². The number of ether oxygens (including phenoxy) is 1. The SMILES string of the molecule is COCCNCC(=O)NC[C@H](O)C(=O)O. The molecule has 1 amide bonds. The lowest BCUT2D eigenvalue weighted by Gasteiger charge is -2.08. The Labute approximate surface area is 87.4 Å². The maximum Gasteiger partial charge on any atom is 0.334 e. The number of carbonyl (C=O) groups is 2. The smallest absolute Gasteiger partial charge is 0.334 e. The third-order valence-corrected chi connectivity index (χ3v) is 1.55. The maximum atomic E-state index is 11.0. The molecule has 88 valence electrons. The number of nitrogens with one attached hydrogen (secondary N) is 2. The molecule has 0 spiro atoms. The Morgan fingerprint density at radius 3 is 2.67 bits per heavy atom. The summed E-state index contributed by atoms with van der Waals surface area (Å²) in [6.07, 6.45) is -1.56. The Hall–Kier alpha value is -1.18. The molecule has 0 aliphatic heterocycles. The Balaban J connectivity index is 3.45. The molecule has 0 aromatic carbocycles. The Bertz CT molecular complexity index is 209. The van der Waals surface area contributed by atoms with E-state index >= 15 is 0 Å². The first-order valence-corrected chi connectivity index (χ1v) is 4.45. The van der Waals surface area contributed by atoms with Gasteiger partial charge in [-0.25, -0.2) is 4.79 Å². The van der Waals surface area contributed by atoms with Crippen molar-refractivity contribution in [1.82, 2.24) is 10.6 Å². The number of amides is 1. The molecule has 0 radical (unpaired) electrons. The minimum absolute atomic E-state index is 0.0652. The van der Waals surface area contributed by atoms with Crippen molar-refractivity contribution >= 4 is 11.9 Å². The zero-order valence-electron chi connectivity index (χ0n) is 8.52. The van der Waals surface area contributed by atoms with Crippen LogP contribution in [0.2, 0.25) is 0 Å². The number of hydrogen-bond donors (Lipinski definition) is 4. The van der Waals surface area contributed by atoms with E-state index in [-0.39, 0.29) is 19.0 Å². The molecule has 0 aliphatic rings. The Kier molecular flexibility index (Phi) is 7.51. The van der Waals surface area contributed by atoms with Crippen molar-refractivity contribution in [1.29, 1.82) is 0 Å². The lowest BCUT2D eigenvalue weighted by molar-refractivity contribution is -0.146.